The molecule has 13 nitrogen and oxygen atoms in total. The number of aryl methyl sites for hydroxylation is 2. The van der Waals surface area contributed by atoms with Crippen LogP contribution < -0.4 is 29.3 Å². The first-order valence-corrected chi connectivity index (χ1v) is 40.8. The van der Waals surface area contributed by atoms with Crippen molar-refractivity contribution in [2.75, 3.05) is 29.3 Å². The fourth-order valence-corrected chi connectivity index (χ4v) is 18.1. The molecule has 0 unspecified atom stereocenters. The Labute approximate surface area is 718 Å². The second-order valence-electron chi connectivity index (χ2n) is 31.3. The molecule has 0 aliphatic carbocycles. The van der Waals surface area contributed by atoms with Crippen molar-refractivity contribution < 1.29 is 23.0 Å². The summed E-state index contributed by atoms with van der Waals surface area (Å²) in [6.45, 7) is 4.17. The average Bonchev–Trinajstić information content (AvgIpc) is 1.69. The summed E-state index contributed by atoms with van der Waals surface area (Å²) in [4.78, 5) is 4.59. The first kappa shape index (κ1) is 75.2. The van der Waals surface area contributed by atoms with Gasteiger partial charge in [0.05, 0.1) is 128 Å². The number of nitrogens with one attached hydrogen (secondary N) is 1. The highest BCUT2D eigenvalue weighted by Crippen LogP contribution is 2.59. The molecular weight excluding hydrogens is 1550 g/mol. The van der Waals surface area contributed by atoms with Crippen LogP contribution in [0.5, 0.6) is 23.0 Å². The third-order valence-electron chi connectivity index (χ3n) is 23.9. The SMILES string of the molecule is COc1ccc2c3c(-c4cc(C)cc5c4Oc4ccc(C)cc4N5c4cc(-c5ccc(C#N)cc5)c(-n5c6ccc(Nc7ccccc7)cc6c6cc(N(c7ccccc7)c7ccccc7)ccc65)cc4-c4ccc(C#N)cc4)cc(OC)cc3n(-c3cc(-c4ccc(C#N)cc4)c(-n4c5cc(F)ccc5c5ccc(F)cc54)cc3-c3ccc(C#N)cc3)c2c1. The molecule has 0 saturated heterocycles. The lowest BCUT2D eigenvalue weighted by Crippen LogP contribution is -2.18. The van der Waals surface area contributed by atoms with Crippen molar-refractivity contribution >= 4 is 111 Å². The van der Waals surface area contributed by atoms with Crippen LogP contribution in [-0.2, 0) is 0 Å². The van der Waals surface area contributed by atoms with Gasteiger partial charge in [-0.3, -0.25) is 0 Å². The summed E-state index contributed by atoms with van der Waals surface area (Å²) < 4.78 is 59.0. The van der Waals surface area contributed by atoms with Gasteiger partial charge in [0.25, 0.3) is 0 Å². The van der Waals surface area contributed by atoms with Crippen molar-refractivity contribution in [3.8, 4) is 120 Å². The molecule has 0 fully saturated rings. The molecule has 1 aliphatic rings. The summed E-state index contributed by atoms with van der Waals surface area (Å²) in [5, 5.41) is 50.5. The minimum absolute atomic E-state index is 0.439. The molecule has 20 aromatic rings. The molecule has 0 spiro atoms. The molecule has 17 aromatic carbocycles. The topological polar surface area (TPSA) is 156 Å². The predicted molar refractivity (Wildman–Crippen MR) is 497 cm³/mol. The smallest absolute Gasteiger partial charge is 0.159 e. The van der Waals surface area contributed by atoms with E-state index in [2.05, 4.69) is 214 Å². The number of fused-ring (bicyclic) bond motifs is 11. The van der Waals surface area contributed by atoms with Gasteiger partial charge in [-0.2, -0.15) is 21.0 Å². The molecule has 15 heteroatoms. The van der Waals surface area contributed by atoms with Crippen LogP contribution in [0.25, 0.3) is 138 Å². The standard InChI is InChI=1S/C110H70F2N10O3/c1-66-20-47-108-105(49-66)122(104-61-88(72-29-21-68(62-113)22-30-72)101(58-91(104)75-35-27-71(65-116)28-36-75)119-96-45-39-79(117-78-14-8-5-9-15-78)53-92(96)93-54-82(40-46-97(93)119)118(80-16-10-6-11-17-80)81-18-12-7-13-19-81)107-50-67(2)48-95(110(107)125-108)94-55-84(124-4)57-106-109(94)87-44-41-83(123-3)56-100(87)121(106)103-60-89(73-31-23-69(63-114)24-32-73)102(59-90(103)74-33-25-70(64-115)26-34-74)120-98-51-76(111)37-42-85(98)86-43-38-77(112)52-99(86)120/h5-61,117H,1-4H3. The second kappa shape index (κ2) is 30.5. The maximum atomic E-state index is 16.1. The van der Waals surface area contributed by atoms with Crippen molar-refractivity contribution in [3.05, 3.63) is 391 Å². The fourth-order valence-electron chi connectivity index (χ4n) is 18.1. The van der Waals surface area contributed by atoms with Gasteiger partial charge in [0, 0.05) is 101 Å². The number of hydrogen-bond donors (Lipinski definition) is 1. The molecule has 21 rings (SSSR count). The number of anilines is 8. The largest absolute Gasteiger partial charge is 0.497 e. The van der Waals surface area contributed by atoms with E-state index in [9.17, 15) is 21.0 Å². The van der Waals surface area contributed by atoms with Crippen LogP contribution in [0.3, 0.4) is 0 Å². The lowest BCUT2D eigenvalue weighted by Gasteiger charge is -2.36. The Morgan fingerprint density at radius 2 is 0.760 bits per heavy atom. The van der Waals surface area contributed by atoms with Crippen molar-refractivity contribution in [3.63, 3.8) is 0 Å². The monoisotopic (exact) mass is 1620 g/mol. The van der Waals surface area contributed by atoms with Crippen molar-refractivity contribution in [1.29, 1.82) is 21.0 Å². The van der Waals surface area contributed by atoms with E-state index >= 15 is 8.78 Å². The highest BCUT2D eigenvalue weighted by atomic mass is 19.1. The maximum Gasteiger partial charge on any atom is 0.159 e. The average molecular weight is 1620 g/mol. The number of rotatable bonds is 16. The van der Waals surface area contributed by atoms with Gasteiger partial charge in [-0.15, -0.1) is 0 Å². The number of methoxy groups -OCH3 is 2. The zero-order valence-electron chi connectivity index (χ0n) is 67.9. The Morgan fingerprint density at radius 1 is 0.312 bits per heavy atom. The first-order chi connectivity index (χ1) is 61.3. The van der Waals surface area contributed by atoms with E-state index in [1.807, 2.05) is 138 Å². The van der Waals surface area contributed by atoms with E-state index in [-0.39, 0.29) is 0 Å². The molecular formula is C110H70F2N10O3. The van der Waals surface area contributed by atoms with Crippen molar-refractivity contribution in [2.45, 2.75) is 13.8 Å². The second-order valence-corrected chi connectivity index (χ2v) is 31.3. The molecule has 0 amide bonds. The van der Waals surface area contributed by atoms with Crippen LogP contribution in [0.15, 0.2) is 346 Å². The molecule has 0 bridgehead atoms. The summed E-state index contributed by atoms with van der Waals surface area (Å²) in [6.07, 6.45) is 0. The third-order valence-corrected chi connectivity index (χ3v) is 23.9. The Kier molecular flexibility index (Phi) is 18.4. The molecule has 0 atom stereocenters. The van der Waals surface area contributed by atoms with E-state index in [0.29, 0.717) is 101 Å². The molecule has 0 radical (unpaired) electrons. The van der Waals surface area contributed by atoms with Gasteiger partial charge in [-0.05, 0) is 277 Å². The Bertz CT molecular complexity index is 7920. The van der Waals surface area contributed by atoms with Gasteiger partial charge in [0.2, 0.25) is 0 Å². The van der Waals surface area contributed by atoms with E-state index in [0.717, 1.165) is 139 Å². The van der Waals surface area contributed by atoms with Crippen LogP contribution in [0.2, 0.25) is 0 Å². The summed E-state index contributed by atoms with van der Waals surface area (Å²) in [6, 6.07) is 122. The quantitative estimate of drug-likeness (QED) is 0.0988. The normalized spacial score (nSPS) is 11.6. The van der Waals surface area contributed by atoms with E-state index in [1.165, 1.54) is 24.3 Å². The molecule has 1 N–H and O–H groups in total. The Morgan fingerprint density at radius 3 is 1.28 bits per heavy atom. The van der Waals surface area contributed by atoms with Gasteiger partial charge in [0.15, 0.2) is 11.5 Å². The third kappa shape index (κ3) is 13.0. The lowest BCUT2D eigenvalue weighted by molar-refractivity contribution is 0.415. The van der Waals surface area contributed by atoms with Gasteiger partial charge < -0.3 is 43.0 Å². The molecule has 125 heavy (non-hydrogen) atoms. The van der Waals surface area contributed by atoms with Crippen LogP contribution in [-0.4, -0.2) is 27.9 Å². The number of ether oxygens (including phenoxy) is 3. The number of hydrogen-bond acceptors (Lipinski definition) is 10. The Hall–Kier alpha value is -17.2. The minimum Gasteiger partial charge on any atom is -0.497 e. The maximum absolute atomic E-state index is 16.1. The number of aromatic nitrogens is 3. The summed E-state index contributed by atoms with van der Waals surface area (Å²) in [7, 11) is 3.30. The number of nitriles is 4. The minimum atomic E-state index is -0.480. The number of nitrogens with zero attached hydrogens (tertiary/aromatic N) is 9. The van der Waals surface area contributed by atoms with E-state index < -0.39 is 11.6 Å². The molecule has 0 saturated carbocycles. The highest BCUT2D eigenvalue weighted by molar-refractivity contribution is 6.19. The predicted octanol–water partition coefficient (Wildman–Crippen LogP) is 28.5. The summed E-state index contributed by atoms with van der Waals surface area (Å²) >= 11 is 0. The lowest BCUT2D eigenvalue weighted by atomic mass is 9.92. The molecule has 4 heterocycles. The number of halogens is 2. The molecule has 3 aromatic heterocycles. The van der Waals surface area contributed by atoms with Gasteiger partial charge in [-0.1, -0.05) is 109 Å². The van der Waals surface area contributed by atoms with Gasteiger partial charge >= 0.3 is 0 Å². The van der Waals surface area contributed by atoms with Crippen LogP contribution in [0.1, 0.15) is 33.4 Å². The first-order valence-electron chi connectivity index (χ1n) is 40.8. The van der Waals surface area contributed by atoms with Gasteiger partial charge in [-0.25, -0.2) is 8.78 Å². The van der Waals surface area contributed by atoms with E-state index in [1.54, 1.807) is 50.6 Å². The zero-order chi connectivity index (χ0) is 84.8. The Balaban J connectivity index is 0.835. The molecule has 1 aliphatic heterocycles. The van der Waals surface area contributed by atoms with Crippen molar-refractivity contribution in [1.82, 2.24) is 13.7 Å². The van der Waals surface area contributed by atoms with Crippen LogP contribution in [0, 0.1) is 70.8 Å². The number of para-hydroxylation sites is 3. The van der Waals surface area contributed by atoms with Crippen molar-refractivity contribution in [2.24, 2.45) is 0 Å². The molecule has 592 valence electrons. The van der Waals surface area contributed by atoms with Crippen LogP contribution in [0.4, 0.5) is 54.3 Å². The highest BCUT2D eigenvalue weighted by Gasteiger charge is 2.35. The fraction of sp³-hybridized carbons (Fsp3) is 0.0364. The van der Waals surface area contributed by atoms with E-state index in [4.69, 9.17) is 14.2 Å². The van der Waals surface area contributed by atoms with Gasteiger partial charge in [0.1, 0.15) is 23.1 Å². The summed E-state index contributed by atoms with van der Waals surface area (Å²) in [5.74, 6) is 1.24. The number of benzene rings is 17. The zero-order valence-corrected chi connectivity index (χ0v) is 67.9. The van der Waals surface area contributed by atoms with Crippen LogP contribution >= 0.6 is 0 Å². The summed E-state index contributed by atoms with van der Waals surface area (Å²) in [5.41, 5.74) is 24.8.